The Morgan fingerprint density at radius 3 is 2.56 bits per heavy atom. The number of amides is 1. The van der Waals surface area contributed by atoms with Crippen molar-refractivity contribution in [2.45, 2.75) is 31.7 Å². The Kier molecular flexibility index (Phi) is 5.98. The summed E-state index contributed by atoms with van der Waals surface area (Å²) in [7, 11) is 2.99. The fourth-order valence-corrected chi connectivity index (χ4v) is 3.07. The van der Waals surface area contributed by atoms with Gasteiger partial charge in [0, 0.05) is 48.9 Å². The second-order valence-electron chi connectivity index (χ2n) is 4.47. The van der Waals surface area contributed by atoms with Crippen molar-refractivity contribution < 1.29 is 9.00 Å². The molecular formula is C11H22N2O2S. The van der Waals surface area contributed by atoms with Gasteiger partial charge in [-0.25, -0.2) is 0 Å². The Labute approximate surface area is 100 Å². The van der Waals surface area contributed by atoms with Crippen LogP contribution >= 0.6 is 0 Å². The molecule has 1 rings (SSSR count). The number of hydrogen-bond donors (Lipinski definition) is 1. The standard InChI is InChI=1S/C11H22N2O2S/c1-13(2)11(14)4-3-7-12-10-5-8-16(15)9-6-10/h10,12H,3-9H2,1-2H3. The molecule has 16 heavy (non-hydrogen) atoms. The van der Waals surface area contributed by atoms with Crippen LogP contribution in [0.15, 0.2) is 0 Å². The summed E-state index contributed by atoms with van der Waals surface area (Å²) in [5, 5.41) is 3.43. The third-order valence-corrected chi connectivity index (χ3v) is 4.27. The van der Waals surface area contributed by atoms with Gasteiger partial charge in [-0.2, -0.15) is 0 Å². The quantitative estimate of drug-likeness (QED) is 0.712. The number of nitrogens with one attached hydrogen (secondary N) is 1. The highest BCUT2D eigenvalue weighted by Crippen LogP contribution is 2.09. The fourth-order valence-electron chi connectivity index (χ4n) is 1.77. The van der Waals surface area contributed by atoms with E-state index in [1.807, 2.05) is 0 Å². The van der Waals surface area contributed by atoms with E-state index in [2.05, 4.69) is 5.32 Å². The number of nitrogens with zero attached hydrogens (tertiary/aromatic N) is 1. The van der Waals surface area contributed by atoms with Crippen LogP contribution in [0.5, 0.6) is 0 Å². The predicted molar refractivity (Wildman–Crippen MR) is 66.8 cm³/mol. The number of rotatable bonds is 5. The van der Waals surface area contributed by atoms with E-state index in [0.29, 0.717) is 12.5 Å². The first-order chi connectivity index (χ1) is 7.59. The summed E-state index contributed by atoms with van der Waals surface area (Å²) >= 11 is 0. The SMILES string of the molecule is CN(C)C(=O)CCCNC1CCS(=O)CC1. The van der Waals surface area contributed by atoms with E-state index in [1.54, 1.807) is 19.0 Å². The number of carbonyl (C=O) groups is 1. The van der Waals surface area contributed by atoms with Gasteiger partial charge in [0.2, 0.25) is 5.91 Å². The van der Waals surface area contributed by atoms with Crippen LogP contribution in [0.2, 0.25) is 0 Å². The molecule has 94 valence electrons. The van der Waals surface area contributed by atoms with Crippen LogP contribution in [-0.2, 0) is 15.6 Å². The molecule has 1 aliphatic rings. The minimum atomic E-state index is -0.583. The van der Waals surface area contributed by atoms with E-state index in [0.717, 1.165) is 37.3 Å². The molecule has 0 atom stereocenters. The van der Waals surface area contributed by atoms with Crippen molar-refractivity contribution in [3.63, 3.8) is 0 Å². The Morgan fingerprint density at radius 2 is 2.00 bits per heavy atom. The predicted octanol–water partition coefficient (Wildman–Crippen LogP) is 0.355. The minimum Gasteiger partial charge on any atom is -0.349 e. The first-order valence-electron chi connectivity index (χ1n) is 5.88. The van der Waals surface area contributed by atoms with Crippen molar-refractivity contribution in [1.82, 2.24) is 10.2 Å². The average Bonchev–Trinajstić information content (AvgIpc) is 2.26. The third kappa shape index (κ3) is 5.07. The monoisotopic (exact) mass is 246 g/mol. The van der Waals surface area contributed by atoms with Crippen LogP contribution in [-0.4, -0.2) is 53.2 Å². The van der Waals surface area contributed by atoms with Crippen molar-refractivity contribution >= 4 is 16.7 Å². The van der Waals surface area contributed by atoms with Gasteiger partial charge < -0.3 is 10.2 Å². The zero-order chi connectivity index (χ0) is 12.0. The maximum absolute atomic E-state index is 11.3. The van der Waals surface area contributed by atoms with E-state index in [-0.39, 0.29) is 5.91 Å². The maximum atomic E-state index is 11.3. The van der Waals surface area contributed by atoms with Crippen LogP contribution < -0.4 is 5.32 Å². The van der Waals surface area contributed by atoms with Crippen LogP contribution in [0.25, 0.3) is 0 Å². The van der Waals surface area contributed by atoms with Crippen LogP contribution in [0, 0.1) is 0 Å². The fraction of sp³-hybridized carbons (Fsp3) is 0.909. The summed E-state index contributed by atoms with van der Waals surface area (Å²) < 4.78 is 11.1. The Balaban J connectivity index is 2.03. The molecule has 4 nitrogen and oxygen atoms in total. The Hall–Kier alpha value is -0.420. The Morgan fingerprint density at radius 1 is 1.38 bits per heavy atom. The molecule has 0 bridgehead atoms. The molecule has 0 aromatic heterocycles. The van der Waals surface area contributed by atoms with Crippen molar-refractivity contribution in [3.05, 3.63) is 0 Å². The molecule has 0 aromatic rings. The van der Waals surface area contributed by atoms with Gasteiger partial charge in [0.25, 0.3) is 0 Å². The number of carbonyl (C=O) groups excluding carboxylic acids is 1. The van der Waals surface area contributed by atoms with Crippen LogP contribution in [0.4, 0.5) is 0 Å². The third-order valence-electron chi connectivity index (χ3n) is 2.89. The second kappa shape index (κ2) is 7.01. The van der Waals surface area contributed by atoms with E-state index in [9.17, 15) is 9.00 Å². The molecule has 1 heterocycles. The molecule has 1 fully saturated rings. The van der Waals surface area contributed by atoms with Crippen LogP contribution in [0.1, 0.15) is 25.7 Å². The zero-order valence-electron chi connectivity index (χ0n) is 10.2. The first-order valence-corrected chi connectivity index (χ1v) is 7.37. The second-order valence-corrected chi connectivity index (χ2v) is 6.16. The van der Waals surface area contributed by atoms with Gasteiger partial charge >= 0.3 is 0 Å². The van der Waals surface area contributed by atoms with Gasteiger partial charge in [0.05, 0.1) is 0 Å². The van der Waals surface area contributed by atoms with E-state index < -0.39 is 10.8 Å². The minimum absolute atomic E-state index is 0.187. The topological polar surface area (TPSA) is 49.4 Å². The zero-order valence-corrected chi connectivity index (χ0v) is 11.0. The number of hydrogen-bond acceptors (Lipinski definition) is 3. The maximum Gasteiger partial charge on any atom is 0.222 e. The first kappa shape index (κ1) is 13.6. The van der Waals surface area contributed by atoms with Gasteiger partial charge in [0.15, 0.2) is 0 Å². The summed E-state index contributed by atoms with van der Waals surface area (Å²) in [5.41, 5.74) is 0. The van der Waals surface area contributed by atoms with Crippen molar-refractivity contribution in [2.75, 3.05) is 32.1 Å². The molecule has 5 heteroatoms. The molecule has 1 amide bonds. The van der Waals surface area contributed by atoms with Gasteiger partial charge in [-0.15, -0.1) is 0 Å². The molecule has 1 N–H and O–H groups in total. The highest BCUT2D eigenvalue weighted by atomic mass is 32.2. The molecule has 0 aromatic carbocycles. The summed E-state index contributed by atoms with van der Waals surface area (Å²) in [6.07, 6.45) is 3.51. The van der Waals surface area contributed by atoms with Gasteiger partial charge in [0.1, 0.15) is 0 Å². The van der Waals surface area contributed by atoms with E-state index >= 15 is 0 Å². The normalized spacial score (nSPS) is 25.4. The summed E-state index contributed by atoms with van der Waals surface area (Å²) in [6, 6.07) is 0.507. The molecule has 0 spiro atoms. The Bertz CT molecular complexity index is 246. The lowest BCUT2D eigenvalue weighted by atomic mass is 10.1. The average molecular weight is 246 g/mol. The van der Waals surface area contributed by atoms with Crippen LogP contribution in [0.3, 0.4) is 0 Å². The summed E-state index contributed by atoms with van der Waals surface area (Å²) in [4.78, 5) is 12.9. The summed E-state index contributed by atoms with van der Waals surface area (Å²) in [6.45, 7) is 0.886. The summed E-state index contributed by atoms with van der Waals surface area (Å²) in [5.74, 6) is 1.84. The van der Waals surface area contributed by atoms with Gasteiger partial charge in [-0.3, -0.25) is 9.00 Å². The highest BCUT2D eigenvalue weighted by molar-refractivity contribution is 7.85. The molecule has 1 saturated heterocycles. The smallest absolute Gasteiger partial charge is 0.222 e. The van der Waals surface area contributed by atoms with Crippen molar-refractivity contribution in [3.8, 4) is 0 Å². The largest absolute Gasteiger partial charge is 0.349 e. The van der Waals surface area contributed by atoms with Gasteiger partial charge in [-0.1, -0.05) is 0 Å². The molecule has 0 radical (unpaired) electrons. The molecule has 0 saturated carbocycles. The van der Waals surface area contributed by atoms with Crippen molar-refractivity contribution in [1.29, 1.82) is 0 Å². The molecule has 1 aliphatic heterocycles. The lowest BCUT2D eigenvalue weighted by Crippen LogP contribution is -2.36. The van der Waals surface area contributed by atoms with E-state index in [4.69, 9.17) is 0 Å². The van der Waals surface area contributed by atoms with Crippen molar-refractivity contribution in [2.24, 2.45) is 0 Å². The lowest BCUT2D eigenvalue weighted by molar-refractivity contribution is -0.128. The van der Waals surface area contributed by atoms with Gasteiger partial charge in [-0.05, 0) is 25.8 Å². The molecule has 0 aliphatic carbocycles. The molecular weight excluding hydrogens is 224 g/mol. The lowest BCUT2D eigenvalue weighted by Gasteiger charge is -2.22. The van der Waals surface area contributed by atoms with E-state index in [1.165, 1.54) is 0 Å². The highest BCUT2D eigenvalue weighted by Gasteiger charge is 2.16. The molecule has 0 unspecified atom stereocenters.